The second-order valence-corrected chi connectivity index (χ2v) is 41.5. The van der Waals surface area contributed by atoms with Crippen LogP contribution in [0.4, 0.5) is 53.9 Å². The molecule has 14 aliphatic rings. The Morgan fingerprint density at radius 3 is 1.18 bits per heavy atom. The van der Waals surface area contributed by atoms with Crippen molar-refractivity contribution in [3.05, 3.63) is 142 Å². The van der Waals surface area contributed by atoms with Gasteiger partial charge in [-0.2, -0.15) is 10.5 Å². The van der Waals surface area contributed by atoms with Crippen LogP contribution in [0.5, 0.6) is 0 Å². The molecule has 28 nitrogen and oxygen atoms in total. The van der Waals surface area contributed by atoms with Crippen LogP contribution in [0, 0.1) is 81.2 Å². The van der Waals surface area contributed by atoms with Gasteiger partial charge < -0.3 is 83.2 Å². The largest absolute Gasteiger partial charge is 0.482 e. The van der Waals surface area contributed by atoms with Crippen LogP contribution in [0.2, 0.25) is 0 Å². The molecule has 3 aromatic rings. The molecule has 40 heteroatoms. The molecule has 8 heterocycles. The van der Waals surface area contributed by atoms with Gasteiger partial charge in [0.1, 0.15) is 65.3 Å². The van der Waals surface area contributed by atoms with Crippen molar-refractivity contribution >= 4 is 63.6 Å². The lowest BCUT2D eigenvalue weighted by molar-refractivity contribution is -0.199. The van der Waals surface area contributed by atoms with Crippen molar-refractivity contribution < 1.29 is 116 Å². The molecule has 0 spiro atoms. The minimum atomic E-state index is -2.82. The number of benzene rings is 3. The van der Waals surface area contributed by atoms with Gasteiger partial charge in [0.15, 0.2) is 0 Å². The standard InChI is InChI=1S/C35H46BF3N4O5.C27H35BFN3O5.C25H32BF3N4O5.C8H13F2NO/c1-32(2,43-14-12-35(38,39)21-43)18-23(19-40)30(44)42-13-6-7-26(20-42)46-31(45)41-29(15-22-8-10-25(37)11-9-22)36-47-28-17-24-16-27(33(24,3)4)34(28,5)48-36;1-26(2)18-13-21(26)27(3)22(14-18)36-28(37-27)23(12-17-7-9-19(29)10-8-17)31-25(34)35-20-6-5-11-32(16-20)24(33)15-30-4;1-24(2,33-11-9-25(28,29)16-33)13-18(14-30)22(34)32-10-3-4-20(15-32)38-23(35)31-21(26(36)37)12-17-5-7-19(27)8-6-17;1-7(2,6-12)11-4-3-8(9,10)5-11/h8-11,18,24,26-29H,6-7,12-17,20-21H2,1-5H3,(H,41,45);7-10,18,20-23H,5-6,11-16H2,1-3H3,(H,31,34);5-8,13,20-21,36-37H,3-4,9-12,15-16H2,1-2H3,(H,31,35);6H,3-5H2,1-2H3/t24-,26-,27-,28+,29-,34-;18-,20-,21-,22+,23-,27-;20-,21-;/m000./s1. The quantitative estimate of drug-likeness (QED) is 0.0106. The normalized spacial score (nSPS) is 28.3. The molecule has 5 N–H and O–H groups in total. The maximum absolute atomic E-state index is 13.9. The van der Waals surface area contributed by atoms with Gasteiger partial charge in [-0.1, -0.05) is 64.1 Å². The molecule has 8 aliphatic heterocycles. The van der Waals surface area contributed by atoms with Crippen LogP contribution in [0.1, 0.15) is 183 Å². The van der Waals surface area contributed by atoms with E-state index in [0.717, 1.165) is 36.8 Å². The van der Waals surface area contributed by atoms with Gasteiger partial charge in [0.25, 0.3) is 36.1 Å². The molecule has 6 saturated carbocycles. The zero-order chi connectivity index (χ0) is 98.5. The third kappa shape index (κ3) is 25.4. The number of aldehydes is 1. The molecule has 14 fully saturated rings. The first-order valence-electron chi connectivity index (χ1n) is 46.8. The number of alkyl carbamates (subject to hydrolysis) is 3. The summed E-state index contributed by atoms with van der Waals surface area (Å²) in [6.07, 6.45) is 6.86. The fourth-order valence-corrected chi connectivity index (χ4v) is 21.6. The van der Waals surface area contributed by atoms with Crippen molar-refractivity contribution in [2.75, 3.05) is 85.1 Å². The van der Waals surface area contributed by atoms with Gasteiger partial charge in [-0.25, -0.2) is 60.5 Å². The van der Waals surface area contributed by atoms with Crippen molar-refractivity contribution in [3.63, 3.8) is 0 Å². The summed E-state index contributed by atoms with van der Waals surface area (Å²) in [6.45, 7) is 31.2. The van der Waals surface area contributed by atoms with Crippen LogP contribution in [0.25, 0.3) is 4.85 Å². The first-order valence-corrected chi connectivity index (χ1v) is 46.8. The van der Waals surface area contributed by atoms with Crippen molar-refractivity contribution in [2.24, 2.45) is 34.5 Å². The zero-order valence-corrected chi connectivity index (χ0v) is 78.9. The van der Waals surface area contributed by atoms with Crippen LogP contribution in [0.15, 0.2) is 96.1 Å². The van der Waals surface area contributed by atoms with E-state index in [-0.39, 0.29) is 123 Å². The first-order chi connectivity index (χ1) is 63.3. The number of rotatable bonds is 24. The van der Waals surface area contributed by atoms with Crippen LogP contribution in [-0.4, -0.2) is 282 Å². The summed E-state index contributed by atoms with van der Waals surface area (Å²) >= 11 is 0. The summed E-state index contributed by atoms with van der Waals surface area (Å²) in [5.41, 5.74) is -1.32. The summed E-state index contributed by atoms with van der Waals surface area (Å²) in [4.78, 5) is 100. The van der Waals surface area contributed by atoms with Crippen LogP contribution in [0.3, 0.4) is 0 Å². The Hall–Kier alpha value is -9.30. The number of nitrogens with zero attached hydrogens (tertiary/aromatic N) is 9. The summed E-state index contributed by atoms with van der Waals surface area (Å²) in [5.74, 6) is -11.1. The topological polar surface area (TPSA) is 332 Å². The molecule has 6 aliphatic carbocycles. The Bertz CT molecular complexity index is 4930. The highest BCUT2D eigenvalue weighted by molar-refractivity contribution is 6.48. The molecule has 0 unspecified atom stereocenters. The molecule has 3 aromatic carbocycles. The molecular formula is C95H126B3F9N12O16. The van der Waals surface area contributed by atoms with E-state index in [1.165, 1.54) is 80.3 Å². The number of alkyl halides is 6. The second kappa shape index (κ2) is 42.2. The van der Waals surface area contributed by atoms with E-state index in [1.807, 2.05) is 12.1 Å². The summed E-state index contributed by atoms with van der Waals surface area (Å²) in [5, 5.41) is 47.1. The lowest BCUT2D eigenvalue weighted by atomic mass is 9.43. The average Bonchev–Trinajstić information content (AvgIpc) is 1.59. The maximum atomic E-state index is 13.9. The van der Waals surface area contributed by atoms with Crippen molar-refractivity contribution in [3.8, 4) is 12.1 Å². The summed E-state index contributed by atoms with van der Waals surface area (Å²) < 4.78 is 164. The van der Waals surface area contributed by atoms with Crippen molar-refractivity contribution in [1.82, 2.24) is 45.3 Å². The average molecular weight is 1900 g/mol. The SMILES string of the molecule is CC(C)(C=C(C#N)C(=O)N1CCC[C@H](OC(=O)N[C@@H](Cc2ccc(F)cc2)B(O)O)C1)N1CCC(F)(F)C1.CC(C)(C=O)N1CCC(F)(F)C1.CC1(C)[C@@H]2C[C@H]3OB([C@H](Cc4ccc(F)cc4)NC(=O)O[C@H]4CCCN(C(=O)C(C#N)=CC(C)(C)N5CCC(F)(F)C5)C4)O[C@@]3(C)[C@H]1C2.[C-]#[N+]CC(=O)N1CCC[C@H](OC(=O)N[C@@H](Cc2ccc(F)cc2)B2O[C@@H]3C[C@@H]4C[C@@H](C4(C)C)[C@]3(C)O2)C1. The summed E-state index contributed by atoms with van der Waals surface area (Å²) in [7, 11) is -3.30. The number of ether oxygens (including phenoxy) is 3. The molecule has 135 heavy (non-hydrogen) atoms. The fraction of sp³-hybridized carbons (Fsp3) is 0.663. The Balaban J connectivity index is 0.000000173. The first kappa shape index (κ1) is 105. The van der Waals surface area contributed by atoms with E-state index >= 15 is 0 Å². The Morgan fingerprint density at radius 1 is 0.526 bits per heavy atom. The molecule has 0 radical (unpaired) electrons. The number of halogens is 9. The number of likely N-dealkylation sites (tertiary alicyclic amines) is 6. The van der Waals surface area contributed by atoms with Gasteiger partial charge in [0.2, 0.25) is 0 Å². The lowest BCUT2D eigenvalue weighted by Crippen LogP contribution is -2.65. The van der Waals surface area contributed by atoms with E-state index in [1.54, 1.807) is 75.6 Å². The summed E-state index contributed by atoms with van der Waals surface area (Å²) in [6, 6.07) is 21.5. The minimum Gasteiger partial charge on any atom is -0.444 e. The molecule has 734 valence electrons. The Kier molecular flexibility index (Phi) is 32.7. The van der Waals surface area contributed by atoms with Crippen LogP contribution >= 0.6 is 0 Å². The Labute approximate surface area is 784 Å². The van der Waals surface area contributed by atoms with Crippen LogP contribution in [-0.2, 0) is 71.3 Å². The molecule has 8 saturated heterocycles. The highest BCUT2D eigenvalue weighted by Gasteiger charge is 2.70. The number of piperidine rings is 3. The monoisotopic (exact) mass is 1890 g/mol. The number of carbonyl (C=O) groups is 7. The van der Waals surface area contributed by atoms with Gasteiger partial charge in [-0.15, -0.1) is 0 Å². The molecule has 0 aromatic heterocycles. The smallest absolute Gasteiger partial charge is 0.444 e. The number of hydrogen-bond acceptors (Lipinski definition) is 21. The second-order valence-electron chi connectivity index (χ2n) is 41.5. The van der Waals surface area contributed by atoms with Crippen molar-refractivity contribution in [2.45, 2.75) is 280 Å². The number of hydrogen-bond donors (Lipinski definition) is 5. The van der Waals surface area contributed by atoms with E-state index < -0.39 is 152 Å². The third-order valence-corrected chi connectivity index (χ3v) is 30.0. The molecule has 4 bridgehead atoms. The number of nitriles is 2. The van der Waals surface area contributed by atoms with Gasteiger partial charge in [0, 0.05) is 69.6 Å². The predicted octanol–water partition coefficient (Wildman–Crippen LogP) is 12.3. The third-order valence-electron chi connectivity index (χ3n) is 30.0. The molecular weight excluding hydrogens is 1770 g/mol. The fourth-order valence-electron chi connectivity index (χ4n) is 21.6. The number of carbonyl (C=O) groups excluding carboxylic acids is 7. The van der Waals surface area contributed by atoms with E-state index in [0.29, 0.717) is 113 Å². The zero-order valence-electron chi connectivity index (χ0n) is 78.9. The number of amides is 6. The number of nitrogens with one attached hydrogen (secondary N) is 3. The van der Waals surface area contributed by atoms with Crippen LogP contribution < -0.4 is 16.0 Å². The van der Waals surface area contributed by atoms with E-state index in [4.69, 9.17) is 39.4 Å². The maximum Gasteiger partial charge on any atom is 0.482 e. The molecule has 14 atom stereocenters. The van der Waals surface area contributed by atoms with E-state index in [9.17, 15) is 93.6 Å². The van der Waals surface area contributed by atoms with E-state index in [2.05, 4.69) is 62.3 Å². The molecule has 17 rings (SSSR count). The minimum absolute atomic E-state index is 0.0113. The molecule has 6 amide bonds. The van der Waals surface area contributed by atoms with Gasteiger partial charge in [-0.05, 0) is 239 Å². The lowest BCUT2D eigenvalue weighted by Gasteiger charge is -2.64. The highest BCUT2D eigenvalue weighted by Crippen LogP contribution is 2.67. The predicted molar refractivity (Wildman–Crippen MR) is 480 cm³/mol. The van der Waals surface area contributed by atoms with Gasteiger partial charge >= 0.3 is 45.5 Å². The Morgan fingerprint density at radius 2 is 0.859 bits per heavy atom. The van der Waals surface area contributed by atoms with Gasteiger partial charge in [-0.3, -0.25) is 29.1 Å². The van der Waals surface area contributed by atoms with Gasteiger partial charge in [0.05, 0.1) is 86.0 Å². The highest BCUT2D eigenvalue weighted by atomic mass is 19.3. The van der Waals surface area contributed by atoms with Crippen molar-refractivity contribution in [1.29, 1.82) is 10.5 Å².